The molecular weight excluding hydrogens is 306 g/mol. The second kappa shape index (κ2) is 7.88. The number of nitrogens with one attached hydrogen (secondary N) is 1. The molecule has 0 spiro atoms. The predicted molar refractivity (Wildman–Crippen MR) is 80.6 cm³/mol. The first-order valence-corrected chi connectivity index (χ1v) is 7.81. The van der Waals surface area contributed by atoms with Crippen LogP contribution >= 0.6 is 15.9 Å². The lowest BCUT2D eigenvalue weighted by Crippen LogP contribution is -2.15. The number of halogens is 1. The zero-order valence-corrected chi connectivity index (χ0v) is 13.0. The van der Waals surface area contributed by atoms with Gasteiger partial charge in [0.25, 0.3) is 0 Å². The number of hydrogen-bond donors (Lipinski definition) is 1. The first kappa shape index (κ1) is 14.8. The molecule has 1 aliphatic rings. The number of rotatable bonds is 9. The summed E-state index contributed by atoms with van der Waals surface area (Å²) in [5.41, 5.74) is 1.29. The molecule has 0 aromatic heterocycles. The average molecular weight is 328 g/mol. The van der Waals surface area contributed by atoms with Gasteiger partial charge in [0.1, 0.15) is 12.4 Å². The van der Waals surface area contributed by atoms with Crippen molar-refractivity contribution in [2.24, 2.45) is 0 Å². The van der Waals surface area contributed by atoms with E-state index in [0.29, 0.717) is 13.2 Å². The maximum Gasteiger partial charge on any atom is 0.133 e. The summed E-state index contributed by atoms with van der Waals surface area (Å²) in [6.45, 7) is 5.08. The topological polar surface area (TPSA) is 30.5 Å². The Balaban J connectivity index is 1.73. The third kappa shape index (κ3) is 5.51. The first-order valence-electron chi connectivity index (χ1n) is 7.02. The molecule has 3 nitrogen and oxygen atoms in total. The van der Waals surface area contributed by atoms with Gasteiger partial charge in [0.05, 0.1) is 11.1 Å². The summed E-state index contributed by atoms with van der Waals surface area (Å²) in [5.74, 6) is 0.885. The molecule has 1 aliphatic carbocycles. The second-order valence-electron chi connectivity index (χ2n) is 4.88. The van der Waals surface area contributed by atoms with E-state index in [1.807, 2.05) is 6.07 Å². The van der Waals surface area contributed by atoms with E-state index in [1.165, 1.54) is 18.4 Å². The van der Waals surface area contributed by atoms with Crippen LogP contribution in [0.2, 0.25) is 0 Å². The van der Waals surface area contributed by atoms with Gasteiger partial charge in [0.2, 0.25) is 0 Å². The van der Waals surface area contributed by atoms with Crippen LogP contribution in [-0.2, 0) is 11.3 Å². The third-order valence-electron chi connectivity index (χ3n) is 3.00. The fourth-order valence-corrected chi connectivity index (χ4v) is 2.32. The molecule has 0 radical (unpaired) electrons. The Kier molecular flexibility index (Phi) is 6.14. The summed E-state index contributed by atoms with van der Waals surface area (Å²) < 4.78 is 12.1. The van der Waals surface area contributed by atoms with Crippen molar-refractivity contribution in [3.63, 3.8) is 0 Å². The molecule has 4 heteroatoms. The molecule has 2 rings (SSSR count). The molecule has 0 aliphatic heterocycles. The van der Waals surface area contributed by atoms with Crippen molar-refractivity contribution < 1.29 is 9.47 Å². The zero-order valence-electron chi connectivity index (χ0n) is 11.5. The van der Waals surface area contributed by atoms with Gasteiger partial charge in [0, 0.05) is 19.2 Å². The molecule has 0 atom stereocenters. The van der Waals surface area contributed by atoms with Gasteiger partial charge in [-0.15, -0.1) is 0 Å². The van der Waals surface area contributed by atoms with Gasteiger partial charge in [-0.2, -0.15) is 0 Å². The van der Waals surface area contributed by atoms with Crippen LogP contribution < -0.4 is 10.1 Å². The third-order valence-corrected chi connectivity index (χ3v) is 3.62. The molecule has 1 saturated carbocycles. The molecule has 0 bridgehead atoms. The van der Waals surface area contributed by atoms with E-state index < -0.39 is 0 Å². The van der Waals surface area contributed by atoms with Crippen molar-refractivity contribution in [2.45, 2.75) is 38.8 Å². The zero-order chi connectivity index (χ0) is 13.5. The van der Waals surface area contributed by atoms with Crippen LogP contribution in [0, 0.1) is 0 Å². The van der Waals surface area contributed by atoms with E-state index in [2.05, 4.69) is 40.3 Å². The highest BCUT2D eigenvalue weighted by Crippen LogP contribution is 2.26. The Hall–Kier alpha value is -0.580. The van der Waals surface area contributed by atoms with Gasteiger partial charge < -0.3 is 14.8 Å². The minimum absolute atomic E-state index is 0.596. The molecule has 0 unspecified atom stereocenters. The maximum atomic E-state index is 5.68. The molecule has 19 heavy (non-hydrogen) atoms. The molecular formula is C15H22BrNO2. The summed E-state index contributed by atoms with van der Waals surface area (Å²) >= 11 is 3.56. The van der Waals surface area contributed by atoms with Gasteiger partial charge in [-0.05, 0) is 52.9 Å². The van der Waals surface area contributed by atoms with Gasteiger partial charge in [-0.1, -0.05) is 13.0 Å². The lowest BCUT2D eigenvalue weighted by Gasteiger charge is -2.10. The molecule has 1 aromatic rings. The summed E-state index contributed by atoms with van der Waals surface area (Å²) in [4.78, 5) is 0. The molecule has 1 aromatic carbocycles. The Bertz CT molecular complexity index is 394. The monoisotopic (exact) mass is 327 g/mol. The smallest absolute Gasteiger partial charge is 0.133 e. The number of hydrogen-bond acceptors (Lipinski definition) is 3. The summed E-state index contributed by atoms with van der Waals surface area (Å²) in [7, 11) is 0. The Labute approximate surface area is 123 Å². The number of benzene rings is 1. The molecule has 0 amide bonds. The summed E-state index contributed by atoms with van der Waals surface area (Å²) in [6.07, 6.45) is 3.69. The van der Waals surface area contributed by atoms with Crippen molar-refractivity contribution in [1.82, 2.24) is 5.32 Å². The lowest BCUT2D eigenvalue weighted by molar-refractivity contribution is 0.100. The van der Waals surface area contributed by atoms with Crippen LogP contribution in [0.4, 0.5) is 0 Å². The van der Waals surface area contributed by atoms with Crippen LogP contribution in [0.3, 0.4) is 0 Å². The van der Waals surface area contributed by atoms with E-state index in [-0.39, 0.29) is 0 Å². The Morgan fingerprint density at radius 2 is 2.11 bits per heavy atom. The highest BCUT2D eigenvalue weighted by Gasteiger charge is 2.19. The average Bonchev–Trinajstić information content (AvgIpc) is 3.22. The van der Waals surface area contributed by atoms with Crippen molar-refractivity contribution in [1.29, 1.82) is 0 Å². The second-order valence-corrected chi connectivity index (χ2v) is 5.74. The molecule has 106 valence electrons. The van der Waals surface area contributed by atoms with Crippen molar-refractivity contribution in [3.05, 3.63) is 28.2 Å². The maximum absolute atomic E-state index is 5.68. The molecule has 0 heterocycles. The van der Waals surface area contributed by atoms with Gasteiger partial charge in [-0.3, -0.25) is 0 Å². The van der Waals surface area contributed by atoms with Crippen LogP contribution in [-0.4, -0.2) is 25.9 Å². The van der Waals surface area contributed by atoms with Crippen LogP contribution in [0.15, 0.2) is 22.7 Å². The van der Waals surface area contributed by atoms with Crippen molar-refractivity contribution in [2.75, 3.05) is 19.8 Å². The highest BCUT2D eigenvalue weighted by molar-refractivity contribution is 9.10. The SMILES string of the molecule is CCCOCCOc1ccc(CNC2CC2)cc1Br. The highest BCUT2D eigenvalue weighted by atomic mass is 79.9. The van der Waals surface area contributed by atoms with E-state index >= 15 is 0 Å². The van der Waals surface area contributed by atoms with Gasteiger partial charge in [-0.25, -0.2) is 0 Å². The number of ether oxygens (including phenoxy) is 2. The van der Waals surface area contributed by atoms with Crippen LogP contribution in [0.5, 0.6) is 5.75 Å². The molecule has 1 N–H and O–H groups in total. The lowest BCUT2D eigenvalue weighted by atomic mass is 10.2. The van der Waals surface area contributed by atoms with Gasteiger partial charge >= 0.3 is 0 Å². The molecule has 0 saturated heterocycles. The van der Waals surface area contributed by atoms with Gasteiger partial charge in [0.15, 0.2) is 0 Å². The normalized spacial score (nSPS) is 14.6. The minimum Gasteiger partial charge on any atom is -0.490 e. The Morgan fingerprint density at radius 1 is 1.26 bits per heavy atom. The molecule has 1 fully saturated rings. The van der Waals surface area contributed by atoms with E-state index in [4.69, 9.17) is 9.47 Å². The predicted octanol–water partition coefficient (Wildman–Crippen LogP) is 3.51. The summed E-state index contributed by atoms with van der Waals surface area (Å²) in [5, 5.41) is 3.50. The fraction of sp³-hybridized carbons (Fsp3) is 0.600. The minimum atomic E-state index is 0.596. The van der Waals surface area contributed by atoms with E-state index in [0.717, 1.165) is 35.8 Å². The first-order chi connectivity index (χ1) is 9.29. The van der Waals surface area contributed by atoms with E-state index in [9.17, 15) is 0 Å². The summed E-state index contributed by atoms with van der Waals surface area (Å²) in [6, 6.07) is 7.00. The fourth-order valence-electron chi connectivity index (χ4n) is 1.78. The van der Waals surface area contributed by atoms with E-state index in [1.54, 1.807) is 0 Å². The largest absolute Gasteiger partial charge is 0.490 e. The van der Waals surface area contributed by atoms with Crippen LogP contribution in [0.1, 0.15) is 31.7 Å². The van der Waals surface area contributed by atoms with Crippen LogP contribution in [0.25, 0.3) is 0 Å². The standard InChI is InChI=1S/C15H22BrNO2/c1-2-7-18-8-9-19-15-6-3-12(10-14(15)16)11-17-13-4-5-13/h3,6,10,13,17H,2,4-5,7-9,11H2,1H3. The quantitative estimate of drug-likeness (QED) is 0.704. The van der Waals surface area contributed by atoms with Crippen molar-refractivity contribution >= 4 is 15.9 Å². The van der Waals surface area contributed by atoms with Crippen molar-refractivity contribution in [3.8, 4) is 5.75 Å². The Morgan fingerprint density at radius 3 is 2.79 bits per heavy atom.